The van der Waals surface area contributed by atoms with Gasteiger partial charge in [-0.1, -0.05) is 66.2 Å². The van der Waals surface area contributed by atoms with Gasteiger partial charge in [0.15, 0.2) is 0 Å². The van der Waals surface area contributed by atoms with E-state index in [9.17, 15) is 4.79 Å². The monoisotopic (exact) mass is 448 g/mol. The third-order valence-corrected chi connectivity index (χ3v) is 6.12. The number of carbonyl (C=O) groups is 1. The van der Waals surface area contributed by atoms with Crippen LogP contribution in [0.25, 0.3) is 0 Å². The summed E-state index contributed by atoms with van der Waals surface area (Å²) in [5, 5.41) is 13.2. The highest BCUT2D eigenvalue weighted by Crippen LogP contribution is 2.30. The standard InChI is InChI=1S/C26H32N4O3/c31-26(32)19-30-14-11-21(12-15-30)16-24-17-25(29-33-24)23-8-6-22(7-9-23)18-28-27-13-10-20-4-2-1-3-5-20/h1-9,11,18,24-25,27,29H,10,12-17,19H2,(H,31,32). The molecule has 33 heavy (non-hydrogen) atoms. The van der Waals surface area contributed by atoms with Crippen LogP contribution in [0.3, 0.4) is 0 Å². The Labute approximate surface area is 195 Å². The average molecular weight is 449 g/mol. The van der Waals surface area contributed by atoms with E-state index in [1.165, 1.54) is 16.7 Å². The normalized spacial score (nSPS) is 21.3. The highest BCUT2D eigenvalue weighted by Gasteiger charge is 2.28. The van der Waals surface area contributed by atoms with Crippen LogP contribution < -0.4 is 10.9 Å². The van der Waals surface area contributed by atoms with E-state index in [0.717, 1.165) is 44.3 Å². The molecular weight excluding hydrogens is 416 g/mol. The van der Waals surface area contributed by atoms with Crippen molar-refractivity contribution in [2.75, 3.05) is 26.2 Å². The van der Waals surface area contributed by atoms with Crippen LogP contribution in [0.1, 0.15) is 42.0 Å². The molecule has 0 aromatic heterocycles. The van der Waals surface area contributed by atoms with Gasteiger partial charge in [-0.25, -0.2) is 0 Å². The zero-order valence-corrected chi connectivity index (χ0v) is 18.8. The lowest BCUT2D eigenvalue weighted by molar-refractivity contribution is -0.138. The second-order valence-corrected chi connectivity index (χ2v) is 8.66. The van der Waals surface area contributed by atoms with Crippen LogP contribution in [0.4, 0.5) is 0 Å². The topological polar surface area (TPSA) is 86.2 Å². The van der Waals surface area contributed by atoms with Crippen LogP contribution in [-0.2, 0) is 16.1 Å². The number of hydrazone groups is 1. The summed E-state index contributed by atoms with van der Waals surface area (Å²) in [4.78, 5) is 18.6. The molecule has 7 heteroatoms. The van der Waals surface area contributed by atoms with Crippen LogP contribution in [0, 0.1) is 0 Å². The van der Waals surface area contributed by atoms with Crippen LogP contribution in [-0.4, -0.2) is 54.5 Å². The molecule has 1 saturated heterocycles. The first kappa shape index (κ1) is 23.2. The highest BCUT2D eigenvalue weighted by molar-refractivity contribution is 5.79. The van der Waals surface area contributed by atoms with Gasteiger partial charge in [-0.05, 0) is 42.4 Å². The molecule has 174 valence electrons. The maximum Gasteiger partial charge on any atom is 0.317 e. The number of nitrogens with one attached hydrogen (secondary N) is 2. The number of hydrogen-bond donors (Lipinski definition) is 3. The molecule has 2 heterocycles. The van der Waals surface area contributed by atoms with Gasteiger partial charge in [-0.15, -0.1) is 0 Å². The number of nitrogens with zero attached hydrogens (tertiary/aromatic N) is 2. The zero-order chi connectivity index (χ0) is 22.9. The smallest absolute Gasteiger partial charge is 0.317 e. The third-order valence-electron chi connectivity index (χ3n) is 6.12. The van der Waals surface area contributed by atoms with Gasteiger partial charge < -0.3 is 10.5 Å². The molecule has 1 fully saturated rings. The minimum atomic E-state index is -0.769. The van der Waals surface area contributed by atoms with E-state index >= 15 is 0 Å². The molecule has 2 aromatic rings. The summed E-state index contributed by atoms with van der Waals surface area (Å²) in [6, 6.07) is 19.0. The predicted octanol–water partition coefficient (Wildman–Crippen LogP) is 3.29. The fourth-order valence-corrected chi connectivity index (χ4v) is 4.28. The molecule has 7 nitrogen and oxygen atoms in total. The van der Waals surface area contributed by atoms with Gasteiger partial charge in [-0.2, -0.15) is 10.6 Å². The van der Waals surface area contributed by atoms with Crippen molar-refractivity contribution in [2.24, 2.45) is 5.10 Å². The van der Waals surface area contributed by atoms with Crippen molar-refractivity contribution in [1.29, 1.82) is 0 Å². The van der Waals surface area contributed by atoms with Crippen molar-refractivity contribution in [3.8, 4) is 0 Å². The SMILES string of the molecule is O=C(O)CN1CC=C(CC2CC(c3ccc(C=NNCCc4ccccc4)cc3)NO2)CC1. The molecule has 3 N–H and O–H groups in total. The average Bonchev–Trinajstić information content (AvgIpc) is 3.29. The van der Waals surface area contributed by atoms with E-state index < -0.39 is 5.97 Å². The highest BCUT2D eigenvalue weighted by atomic mass is 16.7. The summed E-state index contributed by atoms with van der Waals surface area (Å²) in [5.74, 6) is -0.769. The van der Waals surface area contributed by atoms with Crippen molar-refractivity contribution in [2.45, 2.75) is 37.8 Å². The largest absolute Gasteiger partial charge is 0.480 e. The van der Waals surface area contributed by atoms with Crippen molar-refractivity contribution < 1.29 is 14.7 Å². The van der Waals surface area contributed by atoms with Crippen LogP contribution in [0.5, 0.6) is 0 Å². The lowest BCUT2D eigenvalue weighted by atomic mass is 9.95. The van der Waals surface area contributed by atoms with Crippen LogP contribution >= 0.6 is 0 Å². The second kappa shape index (κ2) is 11.7. The fourth-order valence-electron chi connectivity index (χ4n) is 4.28. The number of carboxylic acids is 1. The minimum Gasteiger partial charge on any atom is -0.480 e. The molecule has 0 bridgehead atoms. The number of hydrogen-bond acceptors (Lipinski definition) is 6. The summed E-state index contributed by atoms with van der Waals surface area (Å²) >= 11 is 0. The lowest BCUT2D eigenvalue weighted by Crippen LogP contribution is -2.34. The Morgan fingerprint density at radius 2 is 2.03 bits per heavy atom. The summed E-state index contributed by atoms with van der Waals surface area (Å²) in [6.45, 7) is 2.41. The fraction of sp³-hybridized carbons (Fsp3) is 0.385. The van der Waals surface area contributed by atoms with Gasteiger partial charge in [-0.3, -0.25) is 14.5 Å². The van der Waals surface area contributed by atoms with Gasteiger partial charge in [0.2, 0.25) is 0 Å². The summed E-state index contributed by atoms with van der Waals surface area (Å²) in [6.07, 6.45) is 7.81. The van der Waals surface area contributed by atoms with Crippen LogP contribution in [0.2, 0.25) is 0 Å². The Bertz CT molecular complexity index is 959. The number of carboxylic acid groups (broad SMARTS) is 1. The maximum absolute atomic E-state index is 10.8. The minimum absolute atomic E-state index is 0.109. The number of hydroxylamine groups is 1. The molecule has 2 atom stereocenters. The number of aliphatic carboxylic acids is 1. The molecular formula is C26H32N4O3. The Balaban J connectivity index is 1.19. The van der Waals surface area contributed by atoms with Gasteiger partial charge in [0.05, 0.1) is 24.9 Å². The van der Waals surface area contributed by atoms with E-state index in [4.69, 9.17) is 9.94 Å². The molecule has 2 unspecified atom stereocenters. The first-order chi connectivity index (χ1) is 16.2. The lowest BCUT2D eigenvalue weighted by Gasteiger charge is -2.25. The van der Waals surface area contributed by atoms with Crippen LogP contribution in [0.15, 0.2) is 71.3 Å². The molecule has 0 aliphatic carbocycles. The van der Waals surface area contributed by atoms with E-state index in [1.54, 1.807) is 0 Å². The van der Waals surface area contributed by atoms with Crippen molar-refractivity contribution >= 4 is 12.2 Å². The zero-order valence-electron chi connectivity index (χ0n) is 18.8. The Morgan fingerprint density at radius 1 is 1.21 bits per heavy atom. The van der Waals surface area contributed by atoms with Gasteiger partial charge >= 0.3 is 5.97 Å². The van der Waals surface area contributed by atoms with Gasteiger partial charge in [0.25, 0.3) is 0 Å². The van der Waals surface area contributed by atoms with Crippen molar-refractivity contribution in [3.63, 3.8) is 0 Å². The predicted molar refractivity (Wildman–Crippen MR) is 129 cm³/mol. The van der Waals surface area contributed by atoms with Gasteiger partial charge in [0.1, 0.15) is 0 Å². The van der Waals surface area contributed by atoms with E-state index in [0.29, 0.717) is 6.54 Å². The number of rotatable bonds is 10. The van der Waals surface area contributed by atoms with Crippen molar-refractivity contribution in [1.82, 2.24) is 15.8 Å². The van der Waals surface area contributed by atoms with E-state index in [1.807, 2.05) is 17.2 Å². The summed E-state index contributed by atoms with van der Waals surface area (Å²) < 4.78 is 0. The van der Waals surface area contributed by atoms with E-state index in [-0.39, 0.29) is 18.7 Å². The third kappa shape index (κ3) is 7.25. The molecule has 0 spiro atoms. The quantitative estimate of drug-likeness (QED) is 0.224. The molecule has 2 aliphatic heterocycles. The first-order valence-electron chi connectivity index (χ1n) is 11.6. The molecule has 0 saturated carbocycles. The number of benzene rings is 2. The maximum atomic E-state index is 10.8. The Morgan fingerprint density at radius 3 is 2.76 bits per heavy atom. The summed E-state index contributed by atoms with van der Waals surface area (Å²) in [5.41, 5.74) is 11.2. The van der Waals surface area contributed by atoms with E-state index in [2.05, 4.69) is 70.6 Å². The molecule has 2 aromatic carbocycles. The first-order valence-corrected chi connectivity index (χ1v) is 11.6. The second-order valence-electron chi connectivity index (χ2n) is 8.66. The van der Waals surface area contributed by atoms with Crippen molar-refractivity contribution in [3.05, 3.63) is 82.9 Å². The molecule has 0 amide bonds. The Hall–Kier alpha value is -3.00. The molecule has 2 aliphatic rings. The molecule has 4 rings (SSSR count). The summed E-state index contributed by atoms with van der Waals surface area (Å²) in [7, 11) is 0. The Kier molecular flexibility index (Phi) is 8.24. The van der Waals surface area contributed by atoms with Gasteiger partial charge in [0, 0.05) is 19.6 Å². The molecule has 0 radical (unpaired) electrons.